The summed E-state index contributed by atoms with van der Waals surface area (Å²) in [5.41, 5.74) is 8.60. The van der Waals surface area contributed by atoms with Gasteiger partial charge in [-0.05, 0) is 50.4 Å². The molecule has 100 valence electrons. The summed E-state index contributed by atoms with van der Waals surface area (Å²) in [4.78, 5) is 2.64. The minimum absolute atomic E-state index is 0.721. The maximum absolute atomic E-state index is 5.70. The number of benzene rings is 1. The summed E-state index contributed by atoms with van der Waals surface area (Å²) in [6, 6.07) is 9.49. The fraction of sp³-hybridized carbons (Fsp3) is 0.625. The minimum atomic E-state index is 0.721. The summed E-state index contributed by atoms with van der Waals surface area (Å²) in [7, 11) is 0. The Labute approximate surface area is 111 Å². The molecule has 2 heteroatoms. The zero-order valence-electron chi connectivity index (χ0n) is 11.6. The average molecular weight is 246 g/mol. The van der Waals surface area contributed by atoms with Gasteiger partial charge in [0.25, 0.3) is 0 Å². The lowest BCUT2D eigenvalue weighted by molar-refractivity contribution is 0.204. The standard InChI is InChI=1S/C16H26N2/c1-14-7-3-2-6-12-18(14)13-16-9-5-4-8-15(16)10-11-17/h4-5,8-9,14H,2-3,6-7,10-13,17H2,1H3. The van der Waals surface area contributed by atoms with E-state index in [2.05, 4.69) is 36.1 Å². The second-order valence-corrected chi connectivity index (χ2v) is 5.48. The molecular weight excluding hydrogens is 220 g/mol. The molecule has 0 saturated carbocycles. The molecule has 0 amide bonds. The van der Waals surface area contributed by atoms with Crippen molar-refractivity contribution in [3.63, 3.8) is 0 Å². The van der Waals surface area contributed by atoms with Gasteiger partial charge in [0, 0.05) is 12.6 Å². The highest BCUT2D eigenvalue weighted by molar-refractivity contribution is 5.27. The molecule has 1 aliphatic rings. The SMILES string of the molecule is CC1CCCCCN1Cc1ccccc1CCN. The van der Waals surface area contributed by atoms with Crippen molar-refractivity contribution in [2.75, 3.05) is 13.1 Å². The summed E-state index contributed by atoms with van der Waals surface area (Å²) in [6.45, 7) is 5.46. The summed E-state index contributed by atoms with van der Waals surface area (Å²) in [5, 5.41) is 0. The van der Waals surface area contributed by atoms with Crippen LogP contribution in [0.3, 0.4) is 0 Å². The van der Waals surface area contributed by atoms with Crippen LogP contribution in [0.1, 0.15) is 43.7 Å². The molecular formula is C16H26N2. The van der Waals surface area contributed by atoms with Gasteiger partial charge in [-0.15, -0.1) is 0 Å². The Morgan fingerprint density at radius 2 is 1.94 bits per heavy atom. The van der Waals surface area contributed by atoms with Crippen LogP contribution in [0.5, 0.6) is 0 Å². The van der Waals surface area contributed by atoms with Crippen molar-refractivity contribution in [1.82, 2.24) is 4.90 Å². The largest absolute Gasteiger partial charge is 0.330 e. The predicted molar refractivity (Wildman–Crippen MR) is 77.5 cm³/mol. The van der Waals surface area contributed by atoms with Crippen molar-refractivity contribution in [3.05, 3.63) is 35.4 Å². The number of hydrogen-bond donors (Lipinski definition) is 1. The fourth-order valence-corrected chi connectivity index (χ4v) is 2.90. The van der Waals surface area contributed by atoms with E-state index < -0.39 is 0 Å². The van der Waals surface area contributed by atoms with Gasteiger partial charge in [-0.2, -0.15) is 0 Å². The van der Waals surface area contributed by atoms with E-state index in [1.165, 1.54) is 43.4 Å². The molecule has 1 atom stereocenters. The van der Waals surface area contributed by atoms with Gasteiger partial charge in [0.1, 0.15) is 0 Å². The van der Waals surface area contributed by atoms with Gasteiger partial charge in [-0.3, -0.25) is 4.90 Å². The molecule has 18 heavy (non-hydrogen) atoms. The van der Waals surface area contributed by atoms with Crippen LogP contribution in [0.15, 0.2) is 24.3 Å². The lowest BCUT2D eigenvalue weighted by atomic mass is 10.0. The monoisotopic (exact) mass is 246 g/mol. The molecule has 1 fully saturated rings. The first-order valence-corrected chi connectivity index (χ1v) is 7.32. The summed E-state index contributed by atoms with van der Waals surface area (Å²) >= 11 is 0. The van der Waals surface area contributed by atoms with Gasteiger partial charge in [-0.1, -0.05) is 37.1 Å². The van der Waals surface area contributed by atoms with Crippen LogP contribution in [0, 0.1) is 0 Å². The van der Waals surface area contributed by atoms with Crippen LogP contribution in [0.25, 0.3) is 0 Å². The van der Waals surface area contributed by atoms with Crippen LogP contribution >= 0.6 is 0 Å². The van der Waals surface area contributed by atoms with Crippen molar-refractivity contribution in [2.24, 2.45) is 5.73 Å². The summed E-state index contributed by atoms with van der Waals surface area (Å²) in [5.74, 6) is 0. The lowest BCUT2D eigenvalue weighted by Gasteiger charge is -2.27. The molecule has 0 radical (unpaired) electrons. The van der Waals surface area contributed by atoms with E-state index in [4.69, 9.17) is 5.73 Å². The maximum Gasteiger partial charge on any atom is 0.0239 e. The molecule has 2 nitrogen and oxygen atoms in total. The first-order chi connectivity index (χ1) is 8.81. The third-order valence-corrected chi connectivity index (χ3v) is 4.10. The highest BCUT2D eigenvalue weighted by Gasteiger charge is 2.17. The Morgan fingerprint density at radius 1 is 1.17 bits per heavy atom. The Hall–Kier alpha value is -0.860. The normalized spacial score (nSPS) is 21.8. The Kier molecular flexibility index (Phi) is 5.21. The van der Waals surface area contributed by atoms with Gasteiger partial charge in [0.05, 0.1) is 0 Å². The zero-order chi connectivity index (χ0) is 12.8. The highest BCUT2D eigenvalue weighted by atomic mass is 15.1. The van der Waals surface area contributed by atoms with Crippen molar-refractivity contribution >= 4 is 0 Å². The molecule has 1 heterocycles. The van der Waals surface area contributed by atoms with Crippen LogP contribution in [-0.4, -0.2) is 24.0 Å². The van der Waals surface area contributed by atoms with E-state index in [1.807, 2.05) is 0 Å². The van der Waals surface area contributed by atoms with Crippen LogP contribution < -0.4 is 5.73 Å². The molecule has 0 bridgehead atoms. The third-order valence-electron chi connectivity index (χ3n) is 4.10. The smallest absolute Gasteiger partial charge is 0.0239 e. The molecule has 1 saturated heterocycles. The molecule has 2 rings (SSSR count). The number of likely N-dealkylation sites (tertiary alicyclic amines) is 1. The molecule has 1 aliphatic heterocycles. The van der Waals surface area contributed by atoms with E-state index in [0.29, 0.717) is 0 Å². The maximum atomic E-state index is 5.70. The van der Waals surface area contributed by atoms with Gasteiger partial charge >= 0.3 is 0 Å². The van der Waals surface area contributed by atoms with Crippen molar-refractivity contribution < 1.29 is 0 Å². The van der Waals surface area contributed by atoms with Gasteiger partial charge in [0.2, 0.25) is 0 Å². The second kappa shape index (κ2) is 6.91. The Morgan fingerprint density at radius 3 is 2.72 bits per heavy atom. The Bertz CT molecular complexity index is 362. The Balaban J connectivity index is 2.07. The van der Waals surface area contributed by atoms with E-state index in [0.717, 1.165) is 25.6 Å². The molecule has 0 aromatic heterocycles. The number of rotatable bonds is 4. The highest BCUT2D eigenvalue weighted by Crippen LogP contribution is 2.20. The van der Waals surface area contributed by atoms with E-state index in [1.54, 1.807) is 0 Å². The van der Waals surface area contributed by atoms with Crippen LogP contribution in [-0.2, 0) is 13.0 Å². The first-order valence-electron chi connectivity index (χ1n) is 7.32. The van der Waals surface area contributed by atoms with Crippen LogP contribution in [0.4, 0.5) is 0 Å². The average Bonchev–Trinajstić information content (AvgIpc) is 2.58. The quantitative estimate of drug-likeness (QED) is 0.885. The molecule has 1 aromatic carbocycles. The number of hydrogen-bond acceptors (Lipinski definition) is 2. The zero-order valence-corrected chi connectivity index (χ0v) is 11.6. The van der Waals surface area contributed by atoms with Crippen molar-refractivity contribution in [2.45, 2.75) is 51.6 Å². The van der Waals surface area contributed by atoms with Crippen LogP contribution in [0.2, 0.25) is 0 Å². The van der Waals surface area contributed by atoms with Crippen molar-refractivity contribution in [3.8, 4) is 0 Å². The number of nitrogens with two attached hydrogens (primary N) is 1. The van der Waals surface area contributed by atoms with Crippen molar-refractivity contribution in [1.29, 1.82) is 0 Å². The third kappa shape index (κ3) is 3.56. The van der Waals surface area contributed by atoms with Gasteiger partial charge in [0.15, 0.2) is 0 Å². The molecule has 1 aromatic rings. The fourth-order valence-electron chi connectivity index (χ4n) is 2.90. The first kappa shape index (κ1) is 13.6. The molecule has 1 unspecified atom stereocenters. The number of nitrogens with zero attached hydrogens (tertiary/aromatic N) is 1. The summed E-state index contributed by atoms with van der Waals surface area (Å²) in [6.07, 6.45) is 6.48. The van der Waals surface area contributed by atoms with E-state index in [-0.39, 0.29) is 0 Å². The topological polar surface area (TPSA) is 29.3 Å². The van der Waals surface area contributed by atoms with E-state index >= 15 is 0 Å². The molecule has 2 N–H and O–H groups in total. The minimum Gasteiger partial charge on any atom is -0.330 e. The second-order valence-electron chi connectivity index (χ2n) is 5.48. The molecule has 0 aliphatic carbocycles. The predicted octanol–water partition coefficient (Wildman–Crippen LogP) is 2.95. The summed E-state index contributed by atoms with van der Waals surface area (Å²) < 4.78 is 0. The van der Waals surface area contributed by atoms with Gasteiger partial charge in [-0.25, -0.2) is 0 Å². The van der Waals surface area contributed by atoms with E-state index in [9.17, 15) is 0 Å². The molecule has 0 spiro atoms. The lowest BCUT2D eigenvalue weighted by Crippen LogP contribution is -2.32. The van der Waals surface area contributed by atoms with Gasteiger partial charge < -0.3 is 5.73 Å².